The smallest absolute Gasteiger partial charge is 0.0195 e. The highest BCUT2D eigenvalue weighted by atomic mass is 14.6. The first-order valence-corrected chi connectivity index (χ1v) is 10.2. The van der Waals surface area contributed by atoms with Crippen molar-refractivity contribution in [3.8, 4) is 0 Å². The lowest BCUT2D eigenvalue weighted by Crippen LogP contribution is -2.49. The molecule has 0 radical (unpaired) electrons. The van der Waals surface area contributed by atoms with Crippen LogP contribution in [0.2, 0.25) is 0 Å². The van der Waals surface area contributed by atoms with Crippen LogP contribution >= 0.6 is 0 Å². The SMILES string of the molecule is CC1(C)CCCC=CCCCC12CCCC=CCCCC2(C)C. The van der Waals surface area contributed by atoms with Gasteiger partial charge in [-0.2, -0.15) is 0 Å². The van der Waals surface area contributed by atoms with E-state index in [4.69, 9.17) is 0 Å². The van der Waals surface area contributed by atoms with Gasteiger partial charge in [0.2, 0.25) is 0 Å². The lowest BCUT2D eigenvalue weighted by atomic mass is 9.47. The monoisotopic (exact) mass is 316 g/mol. The Balaban J connectivity index is 2.36. The van der Waals surface area contributed by atoms with Gasteiger partial charge >= 0.3 is 0 Å². The average Bonchev–Trinajstić information content (AvgIpc) is 2.49. The van der Waals surface area contributed by atoms with Crippen molar-refractivity contribution in [3.05, 3.63) is 24.3 Å². The van der Waals surface area contributed by atoms with Gasteiger partial charge in [-0.25, -0.2) is 0 Å². The Hall–Kier alpha value is -0.520. The Kier molecular flexibility index (Phi) is 6.57. The van der Waals surface area contributed by atoms with Gasteiger partial charge in [0.1, 0.15) is 0 Å². The molecule has 2 rings (SSSR count). The number of hydrogen-bond donors (Lipinski definition) is 0. The molecule has 0 amide bonds. The van der Waals surface area contributed by atoms with Gasteiger partial charge in [-0.1, -0.05) is 52.0 Å². The van der Waals surface area contributed by atoms with Gasteiger partial charge in [0.15, 0.2) is 0 Å². The Morgan fingerprint density at radius 1 is 0.478 bits per heavy atom. The van der Waals surface area contributed by atoms with Crippen LogP contribution < -0.4 is 0 Å². The van der Waals surface area contributed by atoms with Crippen LogP contribution in [0.25, 0.3) is 0 Å². The molecular formula is C23H40. The van der Waals surface area contributed by atoms with E-state index in [1.807, 2.05) is 0 Å². The first-order chi connectivity index (χ1) is 10.9. The lowest BCUT2D eigenvalue weighted by Gasteiger charge is -2.58. The summed E-state index contributed by atoms with van der Waals surface area (Å²) in [5.41, 5.74) is 1.39. The van der Waals surface area contributed by atoms with Crippen LogP contribution in [0.4, 0.5) is 0 Å². The molecule has 1 spiro atoms. The van der Waals surface area contributed by atoms with Crippen molar-refractivity contribution in [3.63, 3.8) is 0 Å². The van der Waals surface area contributed by atoms with Crippen molar-refractivity contribution in [2.75, 3.05) is 0 Å². The van der Waals surface area contributed by atoms with Gasteiger partial charge in [-0.05, 0) is 93.3 Å². The van der Waals surface area contributed by atoms with Crippen molar-refractivity contribution < 1.29 is 0 Å². The van der Waals surface area contributed by atoms with Crippen molar-refractivity contribution in [2.24, 2.45) is 16.2 Å². The molecule has 0 aromatic heterocycles. The van der Waals surface area contributed by atoms with Gasteiger partial charge in [0.05, 0.1) is 0 Å². The predicted octanol–water partition coefficient (Wildman–Crippen LogP) is 7.85. The van der Waals surface area contributed by atoms with Gasteiger partial charge < -0.3 is 0 Å². The van der Waals surface area contributed by atoms with Crippen molar-refractivity contribution in [1.82, 2.24) is 0 Å². The zero-order chi connectivity index (χ0) is 16.8. The minimum Gasteiger partial charge on any atom is -0.0885 e. The molecule has 0 bridgehead atoms. The Morgan fingerprint density at radius 2 is 0.783 bits per heavy atom. The second-order valence-electron chi connectivity index (χ2n) is 9.36. The van der Waals surface area contributed by atoms with Gasteiger partial charge in [0, 0.05) is 0 Å². The lowest BCUT2D eigenvalue weighted by molar-refractivity contribution is -0.0820. The molecule has 2 aliphatic carbocycles. The first kappa shape index (κ1) is 18.8. The maximum absolute atomic E-state index is 2.60. The molecule has 0 heterocycles. The molecule has 0 aliphatic heterocycles. The Bertz CT molecular complexity index is 368. The summed E-state index contributed by atoms with van der Waals surface area (Å²) >= 11 is 0. The van der Waals surface area contributed by atoms with Gasteiger partial charge in [-0.15, -0.1) is 0 Å². The zero-order valence-corrected chi connectivity index (χ0v) is 16.3. The summed E-state index contributed by atoms with van der Waals surface area (Å²) in [7, 11) is 0. The van der Waals surface area contributed by atoms with E-state index < -0.39 is 0 Å². The van der Waals surface area contributed by atoms with Crippen molar-refractivity contribution in [1.29, 1.82) is 0 Å². The molecule has 2 aliphatic rings. The third-order valence-electron chi connectivity index (χ3n) is 7.22. The van der Waals surface area contributed by atoms with Crippen LogP contribution in [-0.4, -0.2) is 0 Å². The second-order valence-corrected chi connectivity index (χ2v) is 9.36. The molecule has 0 atom stereocenters. The summed E-state index contributed by atoms with van der Waals surface area (Å²) in [6, 6.07) is 0. The molecule has 0 nitrogen and oxygen atoms in total. The van der Waals surface area contributed by atoms with Crippen LogP contribution in [0.3, 0.4) is 0 Å². The predicted molar refractivity (Wildman–Crippen MR) is 104 cm³/mol. The molecule has 0 aromatic rings. The molecule has 0 unspecified atom stereocenters. The molecule has 0 N–H and O–H groups in total. The number of allylic oxidation sites excluding steroid dienone is 4. The third-order valence-corrected chi connectivity index (χ3v) is 7.22. The quantitative estimate of drug-likeness (QED) is 0.399. The van der Waals surface area contributed by atoms with Crippen LogP contribution in [-0.2, 0) is 0 Å². The van der Waals surface area contributed by atoms with E-state index in [1.165, 1.54) is 77.0 Å². The molecule has 0 fully saturated rings. The molecule has 0 saturated carbocycles. The maximum Gasteiger partial charge on any atom is -0.0195 e. The largest absolute Gasteiger partial charge is 0.0885 e. The highest BCUT2D eigenvalue weighted by Crippen LogP contribution is 2.61. The summed E-state index contributed by atoms with van der Waals surface area (Å²) in [5.74, 6) is 0. The molecule has 0 saturated heterocycles. The maximum atomic E-state index is 2.60. The van der Waals surface area contributed by atoms with E-state index in [0.717, 1.165) is 0 Å². The summed E-state index contributed by atoms with van der Waals surface area (Å²) in [6.07, 6.45) is 26.0. The molecule has 0 heteroatoms. The van der Waals surface area contributed by atoms with E-state index in [2.05, 4.69) is 52.0 Å². The van der Waals surface area contributed by atoms with E-state index in [-0.39, 0.29) is 0 Å². The topological polar surface area (TPSA) is 0 Å². The molecule has 0 aromatic carbocycles. The van der Waals surface area contributed by atoms with Gasteiger partial charge in [-0.3, -0.25) is 0 Å². The highest BCUT2D eigenvalue weighted by molar-refractivity contribution is 5.04. The summed E-state index contributed by atoms with van der Waals surface area (Å²) in [6.45, 7) is 10.4. The van der Waals surface area contributed by atoms with E-state index >= 15 is 0 Å². The second kappa shape index (κ2) is 8.04. The molecule has 132 valence electrons. The van der Waals surface area contributed by atoms with E-state index in [9.17, 15) is 0 Å². The normalized spacial score (nSPS) is 32.5. The first-order valence-electron chi connectivity index (χ1n) is 10.2. The van der Waals surface area contributed by atoms with Crippen LogP contribution in [0.15, 0.2) is 24.3 Å². The Labute approximate surface area is 145 Å². The fourth-order valence-electron chi connectivity index (χ4n) is 5.71. The Morgan fingerprint density at radius 3 is 1.13 bits per heavy atom. The fraction of sp³-hybridized carbons (Fsp3) is 0.826. The van der Waals surface area contributed by atoms with Gasteiger partial charge in [0.25, 0.3) is 0 Å². The molecular weight excluding hydrogens is 276 g/mol. The molecule has 23 heavy (non-hydrogen) atoms. The van der Waals surface area contributed by atoms with Crippen molar-refractivity contribution in [2.45, 2.75) is 105 Å². The summed E-state index contributed by atoms with van der Waals surface area (Å²) in [4.78, 5) is 0. The summed E-state index contributed by atoms with van der Waals surface area (Å²) < 4.78 is 0. The van der Waals surface area contributed by atoms with Crippen LogP contribution in [0, 0.1) is 16.2 Å². The van der Waals surface area contributed by atoms with Crippen LogP contribution in [0.5, 0.6) is 0 Å². The highest BCUT2D eigenvalue weighted by Gasteiger charge is 2.52. The minimum absolute atomic E-state index is 0.449. The number of rotatable bonds is 0. The number of hydrogen-bond acceptors (Lipinski definition) is 0. The summed E-state index contributed by atoms with van der Waals surface area (Å²) in [5, 5.41) is 0. The van der Waals surface area contributed by atoms with Crippen LogP contribution in [0.1, 0.15) is 105 Å². The standard InChI is InChI=1S/C23H40/c1-21(2)17-13-9-5-7-11-15-19-23(21)20-16-12-8-6-10-14-18-22(23,3)4/h5-8H,9-20H2,1-4H3. The van der Waals surface area contributed by atoms with E-state index in [0.29, 0.717) is 16.2 Å². The minimum atomic E-state index is 0.449. The van der Waals surface area contributed by atoms with Crippen molar-refractivity contribution >= 4 is 0 Å². The van der Waals surface area contributed by atoms with E-state index in [1.54, 1.807) is 0 Å². The third kappa shape index (κ3) is 4.31. The fourth-order valence-corrected chi connectivity index (χ4v) is 5.71. The average molecular weight is 317 g/mol. The zero-order valence-electron chi connectivity index (χ0n) is 16.3.